The Morgan fingerprint density at radius 1 is 1.05 bits per heavy atom. The van der Waals surface area contributed by atoms with Gasteiger partial charge in [-0.25, -0.2) is 8.42 Å². The Bertz CT molecular complexity index is 559. The quantitative estimate of drug-likeness (QED) is 0.857. The fraction of sp³-hybridized carbons (Fsp3) is 0.625. The standard InChI is InChI=1S/C16H23NO2S/c1-12(2)16-13-8-10-14(11-9-13)17(16)20(18,19)15-6-4-3-5-7-15/h3-7,12-14,16H,8-11H2,1-2H3. The fourth-order valence-corrected chi connectivity index (χ4v) is 6.14. The number of sulfonamides is 1. The predicted octanol–water partition coefficient (Wildman–Crippen LogP) is 3.27. The number of rotatable bonds is 3. The molecule has 3 nitrogen and oxygen atoms in total. The van der Waals surface area contributed by atoms with Crippen LogP contribution < -0.4 is 0 Å². The number of hydrogen-bond acceptors (Lipinski definition) is 2. The van der Waals surface area contributed by atoms with Gasteiger partial charge in [-0.05, 0) is 49.7 Å². The molecule has 1 atom stereocenters. The second-order valence-electron chi connectivity index (χ2n) is 6.45. The van der Waals surface area contributed by atoms with Crippen molar-refractivity contribution in [3.63, 3.8) is 0 Å². The maximum atomic E-state index is 13.0. The van der Waals surface area contributed by atoms with E-state index in [9.17, 15) is 8.42 Å². The van der Waals surface area contributed by atoms with Crippen molar-refractivity contribution in [2.45, 2.75) is 56.5 Å². The first-order valence-electron chi connectivity index (χ1n) is 7.60. The second-order valence-corrected chi connectivity index (χ2v) is 8.29. The Morgan fingerprint density at radius 3 is 2.20 bits per heavy atom. The number of nitrogens with zero attached hydrogens (tertiary/aromatic N) is 1. The Morgan fingerprint density at radius 2 is 1.65 bits per heavy atom. The molecule has 1 aliphatic carbocycles. The zero-order chi connectivity index (χ0) is 14.3. The molecule has 0 amide bonds. The predicted molar refractivity (Wildman–Crippen MR) is 79.8 cm³/mol. The highest BCUT2D eigenvalue weighted by atomic mass is 32.2. The van der Waals surface area contributed by atoms with E-state index in [0.29, 0.717) is 16.7 Å². The molecule has 2 aliphatic heterocycles. The van der Waals surface area contributed by atoms with Gasteiger partial charge in [0.05, 0.1) is 4.90 Å². The van der Waals surface area contributed by atoms with Gasteiger partial charge in [0.2, 0.25) is 10.0 Å². The Balaban J connectivity index is 2.03. The van der Waals surface area contributed by atoms with E-state index in [1.54, 1.807) is 24.3 Å². The zero-order valence-electron chi connectivity index (χ0n) is 12.2. The molecule has 2 bridgehead atoms. The lowest BCUT2D eigenvalue weighted by Crippen LogP contribution is -2.59. The maximum Gasteiger partial charge on any atom is 0.243 e. The molecule has 1 unspecified atom stereocenters. The third-order valence-electron chi connectivity index (χ3n) is 4.88. The second kappa shape index (κ2) is 5.15. The highest BCUT2D eigenvalue weighted by molar-refractivity contribution is 7.89. The molecule has 4 rings (SSSR count). The lowest BCUT2D eigenvalue weighted by atomic mass is 9.73. The molecule has 0 radical (unpaired) electrons. The maximum absolute atomic E-state index is 13.0. The number of benzene rings is 1. The summed E-state index contributed by atoms with van der Waals surface area (Å²) in [6.07, 6.45) is 4.43. The first-order chi connectivity index (χ1) is 9.51. The van der Waals surface area contributed by atoms with Crippen molar-refractivity contribution >= 4 is 10.0 Å². The van der Waals surface area contributed by atoms with Crippen molar-refractivity contribution in [3.8, 4) is 0 Å². The summed E-state index contributed by atoms with van der Waals surface area (Å²) < 4.78 is 27.9. The fourth-order valence-electron chi connectivity index (χ4n) is 4.06. The average Bonchev–Trinajstić information content (AvgIpc) is 2.48. The van der Waals surface area contributed by atoms with E-state index < -0.39 is 10.0 Å². The summed E-state index contributed by atoms with van der Waals surface area (Å²) >= 11 is 0. The van der Waals surface area contributed by atoms with Gasteiger partial charge in [-0.2, -0.15) is 4.31 Å². The summed E-state index contributed by atoms with van der Waals surface area (Å²) in [7, 11) is -3.35. The van der Waals surface area contributed by atoms with Crippen LogP contribution in [0.15, 0.2) is 35.2 Å². The van der Waals surface area contributed by atoms with Crippen LogP contribution in [0.3, 0.4) is 0 Å². The minimum atomic E-state index is -3.35. The van der Waals surface area contributed by atoms with Crippen molar-refractivity contribution in [3.05, 3.63) is 30.3 Å². The SMILES string of the molecule is CC(C)C1C2CCC(CC2)N1S(=O)(=O)c1ccccc1. The summed E-state index contributed by atoms with van der Waals surface area (Å²) in [5, 5.41) is 0. The molecule has 0 N–H and O–H groups in total. The average molecular weight is 293 g/mol. The van der Waals surface area contributed by atoms with Crippen molar-refractivity contribution in [1.82, 2.24) is 4.31 Å². The molecule has 2 saturated heterocycles. The molecule has 1 aromatic carbocycles. The van der Waals surface area contributed by atoms with Crippen LogP contribution in [0, 0.1) is 11.8 Å². The molecular weight excluding hydrogens is 270 g/mol. The van der Waals surface area contributed by atoms with Gasteiger partial charge < -0.3 is 0 Å². The van der Waals surface area contributed by atoms with Crippen molar-refractivity contribution < 1.29 is 8.42 Å². The molecule has 3 fully saturated rings. The monoisotopic (exact) mass is 293 g/mol. The van der Waals surface area contributed by atoms with E-state index in [4.69, 9.17) is 0 Å². The molecule has 0 aromatic heterocycles. The normalized spacial score (nSPS) is 30.9. The van der Waals surface area contributed by atoms with Crippen LogP contribution in [0.4, 0.5) is 0 Å². The first-order valence-corrected chi connectivity index (χ1v) is 9.04. The van der Waals surface area contributed by atoms with Crippen LogP contribution in [0.2, 0.25) is 0 Å². The molecule has 20 heavy (non-hydrogen) atoms. The van der Waals surface area contributed by atoms with Crippen LogP contribution in [-0.4, -0.2) is 24.8 Å². The van der Waals surface area contributed by atoms with Gasteiger partial charge in [0.25, 0.3) is 0 Å². The Hall–Kier alpha value is -0.870. The Kier molecular flexibility index (Phi) is 3.63. The summed E-state index contributed by atoms with van der Waals surface area (Å²) in [6.45, 7) is 4.30. The third kappa shape index (κ3) is 2.19. The topological polar surface area (TPSA) is 37.4 Å². The van der Waals surface area contributed by atoms with Gasteiger partial charge in [0, 0.05) is 12.1 Å². The lowest BCUT2D eigenvalue weighted by Gasteiger charge is -2.52. The third-order valence-corrected chi connectivity index (χ3v) is 6.84. The van der Waals surface area contributed by atoms with E-state index in [1.165, 1.54) is 12.8 Å². The number of fused-ring (bicyclic) bond motifs is 3. The molecular formula is C16H23NO2S. The van der Waals surface area contributed by atoms with E-state index in [0.717, 1.165) is 12.8 Å². The van der Waals surface area contributed by atoms with Crippen molar-refractivity contribution in [2.75, 3.05) is 0 Å². The van der Waals surface area contributed by atoms with Crippen LogP contribution in [0.25, 0.3) is 0 Å². The Labute approximate surface area is 122 Å². The van der Waals surface area contributed by atoms with Crippen LogP contribution >= 0.6 is 0 Å². The number of piperidine rings is 2. The largest absolute Gasteiger partial charge is 0.243 e. The van der Waals surface area contributed by atoms with E-state index >= 15 is 0 Å². The zero-order valence-corrected chi connectivity index (χ0v) is 13.0. The van der Waals surface area contributed by atoms with E-state index in [1.807, 2.05) is 10.4 Å². The van der Waals surface area contributed by atoms with Crippen molar-refractivity contribution in [1.29, 1.82) is 0 Å². The number of hydrogen-bond donors (Lipinski definition) is 0. The van der Waals surface area contributed by atoms with Crippen LogP contribution in [-0.2, 0) is 10.0 Å². The van der Waals surface area contributed by atoms with E-state index in [2.05, 4.69) is 13.8 Å². The minimum Gasteiger partial charge on any atom is -0.207 e. The summed E-state index contributed by atoms with van der Waals surface area (Å²) in [5.74, 6) is 0.917. The van der Waals surface area contributed by atoms with Gasteiger partial charge in [-0.15, -0.1) is 0 Å². The molecule has 4 heteroatoms. The summed E-state index contributed by atoms with van der Waals surface area (Å²) in [4.78, 5) is 0.443. The van der Waals surface area contributed by atoms with Gasteiger partial charge in [-0.3, -0.25) is 0 Å². The summed E-state index contributed by atoms with van der Waals surface area (Å²) in [6, 6.07) is 9.29. The van der Waals surface area contributed by atoms with Gasteiger partial charge in [-0.1, -0.05) is 32.0 Å². The first kappa shape index (κ1) is 14.1. The van der Waals surface area contributed by atoms with Crippen molar-refractivity contribution in [2.24, 2.45) is 11.8 Å². The molecule has 0 spiro atoms. The smallest absolute Gasteiger partial charge is 0.207 e. The molecule has 3 aliphatic rings. The minimum absolute atomic E-state index is 0.174. The molecule has 2 heterocycles. The molecule has 1 saturated carbocycles. The molecule has 1 aromatic rings. The van der Waals surface area contributed by atoms with Crippen LogP contribution in [0.1, 0.15) is 39.5 Å². The summed E-state index contributed by atoms with van der Waals surface area (Å²) in [5.41, 5.74) is 0. The molecule has 110 valence electrons. The highest BCUT2D eigenvalue weighted by Gasteiger charge is 2.48. The van der Waals surface area contributed by atoms with Crippen LogP contribution in [0.5, 0.6) is 0 Å². The van der Waals surface area contributed by atoms with Gasteiger partial charge in [0.15, 0.2) is 0 Å². The lowest BCUT2D eigenvalue weighted by molar-refractivity contribution is 0.0296. The van der Waals surface area contributed by atoms with Gasteiger partial charge in [0.1, 0.15) is 0 Å². The van der Waals surface area contributed by atoms with Gasteiger partial charge >= 0.3 is 0 Å². The highest BCUT2D eigenvalue weighted by Crippen LogP contribution is 2.44. The van der Waals surface area contributed by atoms with E-state index in [-0.39, 0.29) is 12.1 Å².